The van der Waals surface area contributed by atoms with E-state index in [2.05, 4.69) is 24.1 Å². The predicted molar refractivity (Wildman–Crippen MR) is 77.3 cm³/mol. The van der Waals surface area contributed by atoms with Gasteiger partial charge < -0.3 is 10.2 Å². The Morgan fingerprint density at radius 2 is 2.05 bits per heavy atom. The van der Waals surface area contributed by atoms with Crippen LogP contribution in [0, 0.1) is 5.41 Å². The van der Waals surface area contributed by atoms with Gasteiger partial charge in [0.25, 0.3) is 5.91 Å². The fourth-order valence-electron chi connectivity index (χ4n) is 2.30. The standard InChI is InChI=1S/C15H23N3O/c1-4-16-13-6-5-12(11-17-13)14(19)18-9-7-15(2,3)8-10-18/h5-6,11H,4,7-10H2,1-3H3,(H,16,17). The van der Waals surface area contributed by atoms with Gasteiger partial charge in [0.2, 0.25) is 0 Å². The van der Waals surface area contributed by atoms with Crippen molar-refractivity contribution in [1.82, 2.24) is 9.88 Å². The van der Waals surface area contributed by atoms with Crippen molar-refractivity contribution in [3.05, 3.63) is 23.9 Å². The summed E-state index contributed by atoms with van der Waals surface area (Å²) in [7, 11) is 0. The minimum absolute atomic E-state index is 0.103. The van der Waals surface area contributed by atoms with Crippen LogP contribution in [0.1, 0.15) is 44.0 Å². The summed E-state index contributed by atoms with van der Waals surface area (Å²) in [6.45, 7) is 9.09. The molecule has 1 aliphatic heterocycles. The summed E-state index contributed by atoms with van der Waals surface area (Å²) in [6, 6.07) is 3.72. The Kier molecular flexibility index (Phi) is 4.08. The zero-order valence-electron chi connectivity index (χ0n) is 12.1. The van der Waals surface area contributed by atoms with Crippen molar-refractivity contribution in [3.8, 4) is 0 Å². The topological polar surface area (TPSA) is 45.2 Å². The van der Waals surface area contributed by atoms with Gasteiger partial charge in [-0.15, -0.1) is 0 Å². The maximum atomic E-state index is 12.3. The Morgan fingerprint density at radius 3 is 2.58 bits per heavy atom. The van der Waals surface area contributed by atoms with Gasteiger partial charge in [-0.1, -0.05) is 13.8 Å². The van der Waals surface area contributed by atoms with Gasteiger partial charge in [-0.05, 0) is 37.3 Å². The Hall–Kier alpha value is -1.58. The van der Waals surface area contributed by atoms with E-state index in [9.17, 15) is 4.79 Å². The minimum atomic E-state index is 0.103. The van der Waals surface area contributed by atoms with Crippen molar-refractivity contribution in [2.24, 2.45) is 5.41 Å². The molecular weight excluding hydrogens is 238 g/mol. The average molecular weight is 261 g/mol. The molecule has 2 rings (SSSR count). The number of nitrogens with zero attached hydrogens (tertiary/aromatic N) is 2. The fraction of sp³-hybridized carbons (Fsp3) is 0.600. The molecule has 1 aromatic rings. The number of aromatic nitrogens is 1. The number of anilines is 1. The van der Waals surface area contributed by atoms with Gasteiger partial charge >= 0.3 is 0 Å². The summed E-state index contributed by atoms with van der Waals surface area (Å²) in [5.74, 6) is 0.921. The van der Waals surface area contributed by atoms with Crippen LogP contribution in [0.3, 0.4) is 0 Å². The highest BCUT2D eigenvalue weighted by atomic mass is 16.2. The smallest absolute Gasteiger partial charge is 0.255 e. The molecule has 1 amide bonds. The van der Waals surface area contributed by atoms with Crippen molar-refractivity contribution < 1.29 is 4.79 Å². The first-order valence-corrected chi connectivity index (χ1v) is 7.01. The number of hydrogen-bond acceptors (Lipinski definition) is 3. The number of piperidine rings is 1. The number of hydrogen-bond donors (Lipinski definition) is 1. The van der Waals surface area contributed by atoms with Crippen LogP contribution < -0.4 is 5.32 Å². The first-order chi connectivity index (χ1) is 9.02. The second kappa shape index (κ2) is 5.59. The van der Waals surface area contributed by atoms with Crippen LogP contribution in [0.25, 0.3) is 0 Å². The highest BCUT2D eigenvalue weighted by Crippen LogP contribution is 2.30. The molecule has 4 nitrogen and oxygen atoms in total. The fourth-order valence-corrected chi connectivity index (χ4v) is 2.30. The van der Waals surface area contributed by atoms with E-state index in [4.69, 9.17) is 0 Å². The normalized spacial score (nSPS) is 18.2. The molecule has 1 N–H and O–H groups in total. The Bertz CT molecular complexity index is 429. The molecule has 0 bridgehead atoms. The summed E-state index contributed by atoms with van der Waals surface area (Å²) in [5, 5.41) is 3.13. The van der Waals surface area contributed by atoms with Gasteiger partial charge in [-0.3, -0.25) is 4.79 Å². The van der Waals surface area contributed by atoms with Crippen LogP contribution in [0.5, 0.6) is 0 Å². The third kappa shape index (κ3) is 3.46. The van der Waals surface area contributed by atoms with Crippen LogP contribution in [0.4, 0.5) is 5.82 Å². The zero-order chi connectivity index (χ0) is 13.9. The summed E-state index contributed by atoms with van der Waals surface area (Å²) in [5.41, 5.74) is 1.05. The zero-order valence-corrected chi connectivity index (χ0v) is 12.1. The van der Waals surface area contributed by atoms with Gasteiger partial charge in [-0.2, -0.15) is 0 Å². The van der Waals surface area contributed by atoms with Gasteiger partial charge in [0.05, 0.1) is 5.56 Å². The molecule has 0 unspecified atom stereocenters. The lowest BCUT2D eigenvalue weighted by Gasteiger charge is -2.36. The number of nitrogens with one attached hydrogen (secondary N) is 1. The van der Waals surface area contributed by atoms with Crippen LogP contribution >= 0.6 is 0 Å². The summed E-state index contributed by atoms with van der Waals surface area (Å²) in [4.78, 5) is 18.5. The molecule has 1 fully saturated rings. The Morgan fingerprint density at radius 1 is 1.37 bits per heavy atom. The number of carbonyl (C=O) groups is 1. The van der Waals surface area contributed by atoms with E-state index in [0.717, 1.165) is 38.3 Å². The molecule has 0 radical (unpaired) electrons. The Balaban J connectivity index is 2.00. The first-order valence-electron chi connectivity index (χ1n) is 7.01. The van der Waals surface area contributed by atoms with Crippen molar-refractivity contribution in [2.75, 3.05) is 25.0 Å². The molecular formula is C15H23N3O. The molecule has 2 heterocycles. The van der Waals surface area contributed by atoms with Crippen molar-refractivity contribution in [3.63, 3.8) is 0 Å². The summed E-state index contributed by atoms with van der Waals surface area (Å²) >= 11 is 0. The molecule has 0 aromatic carbocycles. The first kappa shape index (κ1) is 13.8. The molecule has 0 atom stereocenters. The van der Waals surface area contributed by atoms with E-state index in [1.54, 1.807) is 6.20 Å². The van der Waals surface area contributed by atoms with E-state index >= 15 is 0 Å². The maximum absolute atomic E-state index is 12.3. The van der Waals surface area contributed by atoms with E-state index in [0.29, 0.717) is 11.0 Å². The third-order valence-electron chi connectivity index (χ3n) is 3.77. The third-order valence-corrected chi connectivity index (χ3v) is 3.77. The van der Waals surface area contributed by atoms with Crippen LogP contribution in [-0.2, 0) is 0 Å². The second-order valence-corrected chi connectivity index (χ2v) is 5.92. The number of rotatable bonds is 3. The van der Waals surface area contributed by atoms with Crippen LogP contribution in [-0.4, -0.2) is 35.4 Å². The van der Waals surface area contributed by atoms with Gasteiger partial charge in [0.15, 0.2) is 0 Å². The SMILES string of the molecule is CCNc1ccc(C(=O)N2CCC(C)(C)CC2)cn1. The van der Waals surface area contributed by atoms with E-state index < -0.39 is 0 Å². The quantitative estimate of drug-likeness (QED) is 0.910. The van der Waals surface area contributed by atoms with E-state index in [-0.39, 0.29) is 5.91 Å². The van der Waals surface area contributed by atoms with Gasteiger partial charge in [0, 0.05) is 25.8 Å². The number of amides is 1. The van der Waals surface area contributed by atoms with Crippen molar-refractivity contribution >= 4 is 11.7 Å². The molecule has 1 aromatic heterocycles. The number of pyridine rings is 1. The molecule has 19 heavy (non-hydrogen) atoms. The molecule has 0 saturated carbocycles. The summed E-state index contributed by atoms with van der Waals surface area (Å²) in [6.07, 6.45) is 3.81. The average Bonchev–Trinajstić information content (AvgIpc) is 2.39. The maximum Gasteiger partial charge on any atom is 0.255 e. The highest BCUT2D eigenvalue weighted by Gasteiger charge is 2.28. The lowest BCUT2D eigenvalue weighted by molar-refractivity contribution is 0.0630. The molecule has 0 spiro atoms. The molecule has 1 saturated heterocycles. The molecule has 4 heteroatoms. The number of carbonyl (C=O) groups excluding carboxylic acids is 1. The minimum Gasteiger partial charge on any atom is -0.370 e. The molecule has 1 aliphatic rings. The van der Waals surface area contributed by atoms with Gasteiger partial charge in [-0.25, -0.2) is 4.98 Å². The lowest BCUT2D eigenvalue weighted by Crippen LogP contribution is -2.41. The van der Waals surface area contributed by atoms with Crippen LogP contribution in [0.15, 0.2) is 18.3 Å². The van der Waals surface area contributed by atoms with Gasteiger partial charge in [0.1, 0.15) is 5.82 Å². The largest absolute Gasteiger partial charge is 0.370 e. The van der Waals surface area contributed by atoms with E-state index in [1.807, 2.05) is 24.0 Å². The summed E-state index contributed by atoms with van der Waals surface area (Å²) < 4.78 is 0. The molecule has 0 aliphatic carbocycles. The predicted octanol–water partition coefficient (Wildman–Crippen LogP) is 2.78. The Labute approximate surface area is 115 Å². The van der Waals surface area contributed by atoms with Crippen LogP contribution in [0.2, 0.25) is 0 Å². The molecule has 104 valence electrons. The monoisotopic (exact) mass is 261 g/mol. The van der Waals surface area contributed by atoms with Crippen molar-refractivity contribution in [2.45, 2.75) is 33.6 Å². The highest BCUT2D eigenvalue weighted by molar-refractivity contribution is 5.94. The lowest BCUT2D eigenvalue weighted by atomic mass is 9.82. The van der Waals surface area contributed by atoms with Crippen molar-refractivity contribution in [1.29, 1.82) is 0 Å². The number of likely N-dealkylation sites (tertiary alicyclic amines) is 1. The second-order valence-electron chi connectivity index (χ2n) is 5.92. The van der Waals surface area contributed by atoms with E-state index in [1.165, 1.54) is 0 Å².